The zero-order valence-corrected chi connectivity index (χ0v) is 9.88. The molecule has 0 aliphatic heterocycles. The smallest absolute Gasteiger partial charge is 0.320 e. The summed E-state index contributed by atoms with van der Waals surface area (Å²) >= 11 is 0. The molecule has 3 N–H and O–H groups in total. The van der Waals surface area contributed by atoms with Crippen LogP contribution in [0.2, 0.25) is 0 Å². The highest BCUT2D eigenvalue weighted by atomic mass is 16.4. The van der Waals surface area contributed by atoms with Crippen molar-refractivity contribution in [3.05, 3.63) is 18.0 Å². The minimum Gasteiger partial charge on any atom is -0.480 e. The van der Waals surface area contributed by atoms with E-state index in [0.29, 0.717) is 12.5 Å². The average Bonchev–Trinajstić information content (AvgIpc) is 2.78. The van der Waals surface area contributed by atoms with Crippen LogP contribution in [0.15, 0.2) is 12.3 Å². The molecule has 0 bridgehead atoms. The fourth-order valence-corrected chi connectivity index (χ4v) is 2.35. The number of nitrogens with zero attached hydrogens (tertiary/aromatic N) is 2. The molecule has 0 amide bonds. The number of hydrogen-bond donors (Lipinski definition) is 2. The van der Waals surface area contributed by atoms with Gasteiger partial charge in [-0.05, 0) is 18.9 Å². The van der Waals surface area contributed by atoms with Crippen LogP contribution >= 0.6 is 0 Å². The molecule has 94 valence electrons. The van der Waals surface area contributed by atoms with Crippen molar-refractivity contribution >= 4 is 5.97 Å². The number of aromatic nitrogens is 2. The Balaban J connectivity index is 1.97. The Morgan fingerprint density at radius 3 is 2.88 bits per heavy atom. The summed E-state index contributed by atoms with van der Waals surface area (Å²) in [5.41, 5.74) is 6.26. The molecule has 5 nitrogen and oxygen atoms in total. The lowest BCUT2D eigenvalue weighted by Gasteiger charge is -2.21. The van der Waals surface area contributed by atoms with Gasteiger partial charge in [0.05, 0.1) is 11.7 Å². The minimum atomic E-state index is -0.975. The van der Waals surface area contributed by atoms with Crippen molar-refractivity contribution in [1.82, 2.24) is 9.78 Å². The molecule has 1 fully saturated rings. The second kappa shape index (κ2) is 5.31. The Morgan fingerprint density at radius 2 is 2.24 bits per heavy atom. The third-order valence-corrected chi connectivity index (χ3v) is 3.36. The van der Waals surface area contributed by atoms with Gasteiger partial charge in [-0.1, -0.05) is 19.3 Å². The second-order valence-corrected chi connectivity index (χ2v) is 4.73. The van der Waals surface area contributed by atoms with Crippen LogP contribution in [0.25, 0.3) is 0 Å². The van der Waals surface area contributed by atoms with Crippen LogP contribution in [0.4, 0.5) is 0 Å². The third kappa shape index (κ3) is 3.06. The molecule has 2 rings (SSSR count). The van der Waals surface area contributed by atoms with Crippen LogP contribution in [0, 0.1) is 0 Å². The van der Waals surface area contributed by atoms with Gasteiger partial charge >= 0.3 is 5.97 Å². The molecule has 0 radical (unpaired) electrons. The first-order chi connectivity index (χ1) is 8.16. The maximum atomic E-state index is 10.7. The highest BCUT2D eigenvalue weighted by Gasteiger charge is 2.18. The Hall–Kier alpha value is -1.36. The van der Waals surface area contributed by atoms with Gasteiger partial charge in [-0.25, -0.2) is 0 Å². The molecule has 0 unspecified atom stereocenters. The van der Waals surface area contributed by atoms with Crippen molar-refractivity contribution < 1.29 is 9.90 Å². The van der Waals surface area contributed by atoms with Crippen LogP contribution in [0.5, 0.6) is 0 Å². The highest BCUT2D eigenvalue weighted by Crippen LogP contribution is 2.27. The molecule has 0 saturated heterocycles. The normalized spacial score (nSPS) is 19.1. The molecule has 1 aromatic rings. The zero-order valence-electron chi connectivity index (χ0n) is 9.88. The molecule has 0 spiro atoms. The molecule has 1 aliphatic rings. The van der Waals surface area contributed by atoms with Gasteiger partial charge in [0.25, 0.3) is 0 Å². The molecule has 17 heavy (non-hydrogen) atoms. The zero-order chi connectivity index (χ0) is 12.3. The van der Waals surface area contributed by atoms with Crippen molar-refractivity contribution in [3.63, 3.8) is 0 Å². The van der Waals surface area contributed by atoms with Gasteiger partial charge in [0.2, 0.25) is 0 Å². The van der Waals surface area contributed by atoms with E-state index in [-0.39, 0.29) is 0 Å². The summed E-state index contributed by atoms with van der Waals surface area (Å²) in [6.45, 7) is 0. The molecule has 1 atom stereocenters. The standard InChI is InChI=1S/C12H19N3O2/c13-11(12(16)17)8-9-6-7-15(14-9)10-4-2-1-3-5-10/h6-7,10-11H,1-5,8,13H2,(H,16,17)/t11-/m0/s1. The average molecular weight is 237 g/mol. The van der Waals surface area contributed by atoms with E-state index in [1.807, 2.05) is 16.9 Å². The maximum absolute atomic E-state index is 10.7. The molecule has 1 heterocycles. The van der Waals surface area contributed by atoms with E-state index < -0.39 is 12.0 Å². The number of rotatable bonds is 4. The van der Waals surface area contributed by atoms with Crippen LogP contribution < -0.4 is 5.73 Å². The molecule has 1 aromatic heterocycles. The Bertz CT molecular complexity index is 383. The van der Waals surface area contributed by atoms with Crippen molar-refractivity contribution in [2.75, 3.05) is 0 Å². The molecule has 1 saturated carbocycles. The van der Waals surface area contributed by atoms with E-state index in [4.69, 9.17) is 10.8 Å². The topological polar surface area (TPSA) is 81.1 Å². The van der Waals surface area contributed by atoms with Crippen LogP contribution in [-0.2, 0) is 11.2 Å². The molecular weight excluding hydrogens is 218 g/mol. The van der Waals surface area contributed by atoms with Crippen LogP contribution in [0.3, 0.4) is 0 Å². The number of nitrogens with two attached hydrogens (primary N) is 1. The number of carboxylic acids is 1. The second-order valence-electron chi connectivity index (χ2n) is 4.73. The van der Waals surface area contributed by atoms with Gasteiger partial charge in [-0.3, -0.25) is 9.48 Å². The summed E-state index contributed by atoms with van der Waals surface area (Å²) in [5, 5.41) is 13.2. The van der Waals surface area contributed by atoms with Crippen molar-refractivity contribution in [2.24, 2.45) is 5.73 Å². The Morgan fingerprint density at radius 1 is 1.53 bits per heavy atom. The number of carboxylic acid groups (broad SMARTS) is 1. The van der Waals surface area contributed by atoms with Crippen LogP contribution in [-0.4, -0.2) is 26.9 Å². The van der Waals surface area contributed by atoms with Crippen molar-refractivity contribution in [3.8, 4) is 0 Å². The highest BCUT2D eigenvalue weighted by molar-refractivity contribution is 5.73. The summed E-state index contributed by atoms with van der Waals surface area (Å²) in [5.74, 6) is -0.975. The van der Waals surface area contributed by atoms with Crippen molar-refractivity contribution in [2.45, 2.75) is 50.6 Å². The van der Waals surface area contributed by atoms with Gasteiger partial charge in [0, 0.05) is 12.6 Å². The lowest BCUT2D eigenvalue weighted by molar-refractivity contribution is -0.138. The van der Waals surface area contributed by atoms with Gasteiger partial charge in [-0.15, -0.1) is 0 Å². The van der Waals surface area contributed by atoms with Gasteiger partial charge < -0.3 is 10.8 Å². The maximum Gasteiger partial charge on any atom is 0.320 e. The predicted octanol–water partition coefficient (Wildman–Crippen LogP) is 1.34. The van der Waals surface area contributed by atoms with E-state index in [2.05, 4.69) is 5.10 Å². The summed E-state index contributed by atoms with van der Waals surface area (Å²) in [6, 6.07) is 1.50. The van der Waals surface area contributed by atoms with Crippen LogP contribution in [0.1, 0.15) is 43.8 Å². The SMILES string of the molecule is N[C@@H](Cc1ccn(C2CCCCC2)n1)C(=O)O. The van der Waals surface area contributed by atoms with Gasteiger partial charge in [-0.2, -0.15) is 5.10 Å². The van der Waals surface area contributed by atoms with Crippen molar-refractivity contribution in [1.29, 1.82) is 0 Å². The quantitative estimate of drug-likeness (QED) is 0.828. The fraction of sp³-hybridized carbons (Fsp3) is 0.667. The first-order valence-corrected chi connectivity index (χ1v) is 6.19. The van der Waals surface area contributed by atoms with Gasteiger partial charge in [0.1, 0.15) is 6.04 Å². The van der Waals surface area contributed by atoms with E-state index in [9.17, 15) is 4.79 Å². The first-order valence-electron chi connectivity index (χ1n) is 6.19. The largest absolute Gasteiger partial charge is 0.480 e. The summed E-state index contributed by atoms with van der Waals surface area (Å²) in [6.07, 6.45) is 8.42. The molecule has 1 aliphatic carbocycles. The van der Waals surface area contributed by atoms with E-state index in [0.717, 1.165) is 5.69 Å². The minimum absolute atomic E-state index is 0.301. The summed E-state index contributed by atoms with van der Waals surface area (Å²) in [4.78, 5) is 10.7. The Kier molecular flexibility index (Phi) is 3.78. The van der Waals surface area contributed by atoms with E-state index in [1.165, 1.54) is 32.1 Å². The predicted molar refractivity (Wildman–Crippen MR) is 63.7 cm³/mol. The van der Waals surface area contributed by atoms with Gasteiger partial charge in [0.15, 0.2) is 0 Å². The molecule has 0 aromatic carbocycles. The lowest BCUT2D eigenvalue weighted by atomic mass is 9.96. The monoisotopic (exact) mass is 237 g/mol. The lowest BCUT2D eigenvalue weighted by Crippen LogP contribution is -2.32. The number of hydrogen-bond acceptors (Lipinski definition) is 3. The fourth-order valence-electron chi connectivity index (χ4n) is 2.35. The number of aliphatic carboxylic acids is 1. The number of carbonyl (C=O) groups is 1. The molecule has 5 heteroatoms. The van der Waals surface area contributed by atoms with E-state index in [1.54, 1.807) is 0 Å². The van der Waals surface area contributed by atoms with E-state index >= 15 is 0 Å². The summed E-state index contributed by atoms with van der Waals surface area (Å²) in [7, 11) is 0. The molecular formula is C12H19N3O2. The Labute approximate surface area is 101 Å². The third-order valence-electron chi connectivity index (χ3n) is 3.36. The first kappa shape index (κ1) is 12.1. The summed E-state index contributed by atoms with van der Waals surface area (Å²) < 4.78 is 1.98.